The van der Waals surface area contributed by atoms with Gasteiger partial charge in [-0.25, -0.2) is 0 Å². The van der Waals surface area contributed by atoms with E-state index in [0.717, 1.165) is 22.3 Å². The predicted octanol–water partition coefficient (Wildman–Crippen LogP) is 3.90. The van der Waals surface area contributed by atoms with E-state index in [1.807, 2.05) is 62.4 Å². The average Bonchev–Trinajstić information content (AvgIpc) is 3.02. The normalized spacial score (nSPS) is 11.0. The van der Waals surface area contributed by atoms with Gasteiger partial charge in [-0.15, -0.1) is 0 Å². The molecule has 0 aliphatic rings. The fourth-order valence-electron chi connectivity index (χ4n) is 2.16. The van der Waals surface area contributed by atoms with Gasteiger partial charge >= 0.3 is 0 Å². The smallest absolute Gasteiger partial charge is 0.267 e. The minimum Gasteiger partial charge on any atom is -0.386 e. The Bertz CT molecular complexity index is 824. The van der Waals surface area contributed by atoms with Crippen LogP contribution in [0.4, 0.5) is 0 Å². The summed E-state index contributed by atoms with van der Waals surface area (Å²) in [5.74, 6) is 0.953. The maximum atomic E-state index is 5.23. The number of hydrogen-bond acceptors (Lipinski definition) is 5. The first-order valence-electron chi connectivity index (χ1n) is 7.33. The second-order valence-corrected chi connectivity index (χ2v) is 5.19. The maximum Gasteiger partial charge on any atom is 0.267 e. The lowest BCUT2D eigenvalue weighted by molar-refractivity contribution is 0.107. The van der Waals surface area contributed by atoms with E-state index in [1.54, 1.807) is 6.21 Å². The summed E-state index contributed by atoms with van der Waals surface area (Å²) in [7, 11) is 0. The Labute approximate surface area is 134 Å². The highest BCUT2D eigenvalue weighted by molar-refractivity contribution is 5.81. The fraction of sp³-hybridized carbons (Fsp3) is 0.167. The lowest BCUT2D eigenvalue weighted by Crippen LogP contribution is -1.91. The largest absolute Gasteiger partial charge is 0.386 e. The van der Waals surface area contributed by atoms with E-state index in [9.17, 15) is 0 Å². The maximum absolute atomic E-state index is 5.23. The molecule has 3 aromatic rings. The van der Waals surface area contributed by atoms with Crippen LogP contribution in [0, 0.1) is 13.8 Å². The molecule has 0 N–H and O–H groups in total. The lowest BCUT2D eigenvalue weighted by Gasteiger charge is -1.98. The van der Waals surface area contributed by atoms with Crippen LogP contribution >= 0.6 is 0 Å². The Hall–Kier alpha value is -2.95. The van der Waals surface area contributed by atoms with Crippen molar-refractivity contribution in [3.8, 4) is 11.4 Å². The third kappa shape index (κ3) is 3.63. The van der Waals surface area contributed by atoms with Crippen LogP contribution in [0.2, 0.25) is 0 Å². The molecule has 23 heavy (non-hydrogen) atoms. The van der Waals surface area contributed by atoms with Gasteiger partial charge in [0.1, 0.15) is 0 Å². The van der Waals surface area contributed by atoms with Crippen LogP contribution in [0.25, 0.3) is 11.4 Å². The summed E-state index contributed by atoms with van der Waals surface area (Å²) >= 11 is 0. The summed E-state index contributed by atoms with van der Waals surface area (Å²) in [6, 6.07) is 15.8. The number of aryl methyl sites for hydroxylation is 2. The van der Waals surface area contributed by atoms with Gasteiger partial charge in [0, 0.05) is 5.56 Å². The van der Waals surface area contributed by atoms with Crippen molar-refractivity contribution in [1.82, 2.24) is 10.1 Å². The quantitative estimate of drug-likeness (QED) is 0.530. The highest BCUT2D eigenvalue weighted by Gasteiger charge is 2.10. The van der Waals surface area contributed by atoms with Crippen molar-refractivity contribution >= 4 is 6.21 Å². The molecular weight excluding hydrogens is 290 g/mol. The molecule has 1 heterocycles. The summed E-state index contributed by atoms with van der Waals surface area (Å²) in [4.78, 5) is 9.56. The third-order valence-corrected chi connectivity index (χ3v) is 3.50. The first kappa shape index (κ1) is 15.0. The second kappa shape index (κ2) is 6.87. The van der Waals surface area contributed by atoms with Gasteiger partial charge < -0.3 is 9.36 Å². The molecule has 0 aliphatic heterocycles. The molecule has 0 radical (unpaired) electrons. The zero-order chi connectivity index (χ0) is 16.1. The van der Waals surface area contributed by atoms with Crippen LogP contribution in [0.5, 0.6) is 0 Å². The van der Waals surface area contributed by atoms with E-state index in [0.29, 0.717) is 11.7 Å². The second-order valence-electron chi connectivity index (χ2n) is 5.19. The summed E-state index contributed by atoms with van der Waals surface area (Å²) in [5.41, 5.74) is 4.20. The summed E-state index contributed by atoms with van der Waals surface area (Å²) < 4.78 is 5.19. The Morgan fingerprint density at radius 2 is 1.78 bits per heavy atom. The number of benzene rings is 2. The SMILES string of the molecule is Cc1ccccc1/C=N/OCc1nc(-c2ccccc2C)no1. The van der Waals surface area contributed by atoms with Crippen LogP contribution in [0.15, 0.2) is 58.2 Å². The number of hydrogen-bond donors (Lipinski definition) is 0. The molecule has 0 saturated heterocycles. The highest BCUT2D eigenvalue weighted by Crippen LogP contribution is 2.19. The van der Waals surface area contributed by atoms with Crippen molar-refractivity contribution in [3.05, 3.63) is 71.1 Å². The van der Waals surface area contributed by atoms with Gasteiger partial charge in [-0.3, -0.25) is 0 Å². The average molecular weight is 307 g/mol. The Morgan fingerprint density at radius 3 is 2.57 bits per heavy atom. The molecule has 2 aromatic carbocycles. The molecule has 0 atom stereocenters. The summed E-state index contributed by atoms with van der Waals surface area (Å²) in [6.45, 7) is 4.17. The van der Waals surface area contributed by atoms with Crippen LogP contribution in [-0.4, -0.2) is 16.4 Å². The summed E-state index contributed by atoms with van der Waals surface area (Å²) in [6.07, 6.45) is 1.67. The van der Waals surface area contributed by atoms with Crippen molar-refractivity contribution in [2.45, 2.75) is 20.5 Å². The Kier molecular flexibility index (Phi) is 4.47. The molecule has 116 valence electrons. The number of oxime groups is 1. The highest BCUT2D eigenvalue weighted by atomic mass is 16.6. The van der Waals surface area contributed by atoms with E-state index in [4.69, 9.17) is 9.36 Å². The van der Waals surface area contributed by atoms with Gasteiger partial charge in [-0.05, 0) is 30.5 Å². The van der Waals surface area contributed by atoms with Crippen LogP contribution < -0.4 is 0 Å². The van der Waals surface area contributed by atoms with Crippen molar-refractivity contribution in [2.24, 2.45) is 5.16 Å². The number of nitrogens with zero attached hydrogens (tertiary/aromatic N) is 3. The minimum atomic E-state index is 0.140. The molecule has 0 fully saturated rings. The predicted molar refractivity (Wildman–Crippen MR) is 88.0 cm³/mol. The molecule has 5 nitrogen and oxygen atoms in total. The van der Waals surface area contributed by atoms with Gasteiger partial charge in [0.05, 0.1) is 6.21 Å². The number of rotatable bonds is 5. The molecule has 0 bridgehead atoms. The van der Waals surface area contributed by atoms with Crippen LogP contribution in [0.1, 0.15) is 22.6 Å². The fourth-order valence-corrected chi connectivity index (χ4v) is 2.16. The Morgan fingerprint density at radius 1 is 1.04 bits per heavy atom. The monoisotopic (exact) mass is 307 g/mol. The topological polar surface area (TPSA) is 60.5 Å². The van der Waals surface area contributed by atoms with Crippen LogP contribution in [0.3, 0.4) is 0 Å². The van der Waals surface area contributed by atoms with Crippen molar-refractivity contribution in [1.29, 1.82) is 0 Å². The molecule has 5 heteroatoms. The van der Waals surface area contributed by atoms with Crippen LogP contribution in [-0.2, 0) is 11.4 Å². The molecular formula is C18H17N3O2. The van der Waals surface area contributed by atoms with Gasteiger partial charge in [0.15, 0.2) is 6.61 Å². The van der Waals surface area contributed by atoms with E-state index in [1.165, 1.54) is 0 Å². The van der Waals surface area contributed by atoms with Gasteiger partial charge in [-0.1, -0.05) is 58.8 Å². The standard InChI is InChI=1S/C18H17N3O2/c1-13-7-3-5-9-15(13)11-19-22-12-17-20-18(21-23-17)16-10-6-4-8-14(16)2/h3-11H,12H2,1-2H3/b19-11+. The summed E-state index contributed by atoms with van der Waals surface area (Å²) in [5, 5.41) is 7.92. The molecule has 0 aliphatic carbocycles. The van der Waals surface area contributed by atoms with Gasteiger partial charge in [-0.2, -0.15) is 4.98 Å². The van der Waals surface area contributed by atoms with Crippen molar-refractivity contribution in [3.63, 3.8) is 0 Å². The zero-order valence-electron chi connectivity index (χ0n) is 13.1. The van der Waals surface area contributed by atoms with E-state index in [2.05, 4.69) is 15.3 Å². The first-order chi connectivity index (χ1) is 11.2. The molecule has 0 amide bonds. The first-order valence-corrected chi connectivity index (χ1v) is 7.33. The third-order valence-electron chi connectivity index (χ3n) is 3.50. The van der Waals surface area contributed by atoms with Crippen molar-refractivity contribution in [2.75, 3.05) is 0 Å². The molecule has 1 aromatic heterocycles. The van der Waals surface area contributed by atoms with E-state index < -0.39 is 0 Å². The lowest BCUT2D eigenvalue weighted by atomic mass is 10.1. The van der Waals surface area contributed by atoms with E-state index in [-0.39, 0.29) is 6.61 Å². The Balaban J connectivity index is 1.62. The van der Waals surface area contributed by atoms with E-state index >= 15 is 0 Å². The molecule has 3 rings (SSSR count). The zero-order valence-corrected chi connectivity index (χ0v) is 13.1. The van der Waals surface area contributed by atoms with Crippen molar-refractivity contribution < 1.29 is 9.36 Å². The molecule has 0 spiro atoms. The minimum absolute atomic E-state index is 0.140. The van der Waals surface area contributed by atoms with Gasteiger partial charge in [0.2, 0.25) is 5.82 Å². The number of aromatic nitrogens is 2. The molecule has 0 unspecified atom stereocenters. The molecule has 0 saturated carbocycles. The van der Waals surface area contributed by atoms with Gasteiger partial charge in [0.25, 0.3) is 5.89 Å².